The molecule has 1 heterocycles. The molecular weight excluding hydrogens is 208 g/mol. The number of likely N-dealkylation sites (tertiary alicyclic amines) is 1. The van der Waals surface area contributed by atoms with Crippen molar-refractivity contribution in [3.63, 3.8) is 0 Å². The van der Waals surface area contributed by atoms with Crippen LogP contribution in [0.3, 0.4) is 0 Å². The molecule has 88 valence electrons. The summed E-state index contributed by atoms with van der Waals surface area (Å²) in [6.07, 6.45) is 3.81. The first-order valence-electron chi connectivity index (χ1n) is 5.98. The van der Waals surface area contributed by atoms with E-state index >= 15 is 0 Å². The molecule has 1 saturated heterocycles. The van der Waals surface area contributed by atoms with E-state index in [-0.39, 0.29) is 0 Å². The van der Waals surface area contributed by atoms with Crippen molar-refractivity contribution in [3.8, 4) is 0 Å². The van der Waals surface area contributed by atoms with Crippen LogP contribution in [-0.4, -0.2) is 37.6 Å². The lowest BCUT2D eigenvalue weighted by Crippen LogP contribution is -2.37. The molecule has 0 aromatic heterocycles. The third-order valence-electron chi connectivity index (χ3n) is 2.96. The molecule has 0 spiro atoms. The van der Waals surface area contributed by atoms with Crippen LogP contribution in [0.2, 0.25) is 0 Å². The van der Waals surface area contributed by atoms with Crippen molar-refractivity contribution < 1.29 is 0 Å². The molecule has 0 bridgehead atoms. The van der Waals surface area contributed by atoms with E-state index in [4.69, 9.17) is 11.6 Å². The van der Waals surface area contributed by atoms with E-state index in [2.05, 4.69) is 23.7 Å². The summed E-state index contributed by atoms with van der Waals surface area (Å²) in [5, 5.41) is 4.26. The third-order valence-corrected chi connectivity index (χ3v) is 3.08. The van der Waals surface area contributed by atoms with Crippen molar-refractivity contribution in [2.45, 2.75) is 26.2 Å². The van der Waals surface area contributed by atoms with Crippen molar-refractivity contribution in [2.24, 2.45) is 5.92 Å². The van der Waals surface area contributed by atoms with E-state index in [1.165, 1.54) is 38.9 Å². The highest BCUT2D eigenvalue weighted by Gasteiger charge is 2.18. The zero-order valence-corrected chi connectivity index (χ0v) is 10.5. The summed E-state index contributed by atoms with van der Waals surface area (Å²) in [7, 11) is 0. The molecule has 1 aliphatic heterocycles. The van der Waals surface area contributed by atoms with Crippen molar-refractivity contribution in [3.05, 3.63) is 11.6 Å². The number of piperidine rings is 1. The normalized spacial score (nSPS) is 19.3. The maximum atomic E-state index is 5.80. The molecule has 1 aliphatic rings. The monoisotopic (exact) mass is 230 g/mol. The molecule has 3 heteroatoms. The summed E-state index contributed by atoms with van der Waals surface area (Å²) >= 11 is 5.80. The topological polar surface area (TPSA) is 15.3 Å². The molecule has 0 amide bonds. The van der Waals surface area contributed by atoms with Crippen LogP contribution < -0.4 is 5.32 Å². The molecule has 0 radical (unpaired) electrons. The SMILES string of the molecule is C=C(Cl)CN1CCC(CNCCC)CC1. The molecule has 0 aromatic rings. The second-order valence-corrected chi connectivity index (χ2v) is 4.98. The van der Waals surface area contributed by atoms with Gasteiger partial charge >= 0.3 is 0 Å². The maximum absolute atomic E-state index is 5.80. The van der Waals surface area contributed by atoms with Gasteiger partial charge in [0.25, 0.3) is 0 Å². The van der Waals surface area contributed by atoms with E-state index < -0.39 is 0 Å². The molecule has 0 aliphatic carbocycles. The first-order chi connectivity index (χ1) is 7.22. The highest BCUT2D eigenvalue weighted by Crippen LogP contribution is 2.17. The summed E-state index contributed by atoms with van der Waals surface area (Å²) in [6, 6.07) is 0. The summed E-state index contributed by atoms with van der Waals surface area (Å²) in [4.78, 5) is 2.39. The minimum absolute atomic E-state index is 0.762. The number of halogens is 1. The van der Waals surface area contributed by atoms with Crippen LogP contribution in [0.5, 0.6) is 0 Å². The van der Waals surface area contributed by atoms with E-state index in [9.17, 15) is 0 Å². The Balaban J connectivity index is 2.10. The summed E-state index contributed by atoms with van der Waals surface area (Å²) in [6.45, 7) is 11.5. The van der Waals surface area contributed by atoms with Gasteiger partial charge in [-0.15, -0.1) is 0 Å². The van der Waals surface area contributed by atoms with Gasteiger partial charge in [-0.3, -0.25) is 4.90 Å². The molecular formula is C12H23ClN2. The molecule has 0 saturated carbocycles. The molecule has 1 fully saturated rings. The van der Waals surface area contributed by atoms with Crippen LogP contribution in [0.15, 0.2) is 11.6 Å². The van der Waals surface area contributed by atoms with Crippen LogP contribution in [0.1, 0.15) is 26.2 Å². The molecule has 2 nitrogen and oxygen atoms in total. The molecule has 0 aromatic carbocycles. The number of nitrogens with zero attached hydrogens (tertiary/aromatic N) is 1. The lowest BCUT2D eigenvalue weighted by Gasteiger charge is -2.31. The van der Waals surface area contributed by atoms with Crippen molar-refractivity contribution in [2.75, 3.05) is 32.7 Å². The van der Waals surface area contributed by atoms with Gasteiger partial charge in [0.15, 0.2) is 0 Å². The predicted octanol–water partition coefficient (Wildman–Crippen LogP) is 2.45. The highest BCUT2D eigenvalue weighted by molar-refractivity contribution is 6.29. The van der Waals surface area contributed by atoms with E-state index in [0.717, 1.165) is 24.0 Å². The first-order valence-corrected chi connectivity index (χ1v) is 6.36. The smallest absolute Gasteiger partial charge is 0.0335 e. The van der Waals surface area contributed by atoms with E-state index in [1.807, 2.05) is 0 Å². The Hall–Kier alpha value is -0.0500. The number of nitrogens with one attached hydrogen (secondary N) is 1. The van der Waals surface area contributed by atoms with Crippen molar-refractivity contribution in [1.82, 2.24) is 10.2 Å². The minimum Gasteiger partial charge on any atom is -0.316 e. The number of hydrogen-bond donors (Lipinski definition) is 1. The number of hydrogen-bond acceptors (Lipinski definition) is 2. The maximum Gasteiger partial charge on any atom is 0.0335 e. The van der Waals surface area contributed by atoms with Gasteiger partial charge in [0.2, 0.25) is 0 Å². The van der Waals surface area contributed by atoms with E-state index in [1.54, 1.807) is 0 Å². The standard InChI is InChI=1S/C12H23ClN2/c1-3-6-14-9-12-4-7-15(8-5-12)10-11(2)13/h12,14H,2-10H2,1H3. The summed E-state index contributed by atoms with van der Waals surface area (Å²) < 4.78 is 0. The molecule has 0 atom stereocenters. The Morgan fingerprint density at radius 3 is 2.67 bits per heavy atom. The second-order valence-electron chi connectivity index (χ2n) is 4.44. The Labute approximate surface area is 98.7 Å². The van der Waals surface area contributed by atoms with Gasteiger partial charge in [-0.05, 0) is 51.4 Å². The zero-order valence-electron chi connectivity index (χ0n) is 9.77. The van der Waals surface area contributed by atoms with Crippen LogP contribution in [-0.2, 0) is 0 Å². The van der Waals surface area contributed by atoms with Crippen molar-refractivity contribution in [1.29, 1.82) is 0 Å². The quantitative estimate of drug-likeness (QED) is 0.706. The van der Waals surface area contributed by atoms with Gasteiger partial charge in [0.05, 0.1) is 0 Å². The van der Waals surface area contributed by atoms with Gasteiger partial charge < -0.3 is 5.32 Å². The molecule has 1 N–H and O–H groups in total. The van der Waals surface area contributed by atoms with Crippen LogP contribution in [0.4, 0.5) is 0 Å². The Bertz CT molecular complexity index is 186. The van der Waals surface area contributed by atoms with Crippen LogP contribution in [0, 0.1) is 5.92 Å². The fourth-order valence-corrected chi connectivity index (χ4v) is 2.24. The molecule has 0 unspecified atom stereocenters. The average Bonchev–Trinajstić information content (AvgIpc) is 2.20. The Morgan fingerprint density at radius 2 is 2.13 bits per heavy atom. The third kappa shape index (κ3) is 5.55. The minimum atomic E-state index is 0.762. The van der Waals surface area contributed by atoms with Crippen LogP contribution in [0.25, 0.3) is 0 Å². The molecule has 1 rings (SSSR count). The van der Waals surface area contributed by atoms with E-state index in [0.29, 0.717) is 0 Å². The largest absolute Gasteiger partial charge is 0.316 e. The fourth-order valence-electron chi connectivity index (χ4n) is 2.07. The van der Waals surface area contributed by atoms with Gasteiger partial charge in [0, 0.05) is 11.6 Å². The van der Waals surface area contributed by atoms with Crippen LogP contribution >= 0.6 is 11.6 Å². The van der Waals surface area contributed by atoms with Gasteiger partial charge in [-0.1, -0.05) is 25.1 Å². The second kappa shape index (κ2) is 7.26. The van der Waals surface area contributed by atoms with Gasteiger partial charge in [-0.2, -0.15) is 0 Å². The average molecular weight is 231 g/mol. The summed E-state index contributed by atoms with van der Waals surface area (Å²) in [5.41, 5.74) is 0. The predicted molar refractivity (Wildman–Crippen MR) is 67.3 cm³/mol. The fraction of sp³-hybridized carbons (Fsp3) is 0.833. The molecule has 15 heavy (non-hydrogen) atoms. The lowest BCUT2D eigenvalue weighted by atomic mass is 9.97. The lowest BCUT2D eigenvalue weighted by molar-refractivity contribution is 0.197. The van der Waals surface area contributed by atoms with Crippen molar-refractivity contribution >= 4 is 11.6 Å². The zero-order chi connectivity index (χ0) is 11.1. The first kappa shape index (κ1) is 13.0. The number of rotatable bonds is 6. The highest BCUT2D eigenvalue weighted by atomic mass is 35.5. The van der Waals surface area contributed by atoms with Gasteiger partial charge in [0.1, 0.15) is 0 Å². The van der Waals surface area contributed by atoms with Gasteiger partial charge in [-0.25, -0.2) is 0 Å². The Kier molecular flexibility index (Phi) is 6.30. The summed E-state index contributed by atoms with van der Waals surface area (Å²) in [5.74, 6) is 0.858. The Morgan fingerprint density at radius 1 is 1.47 bits per heavy atom.